The molecule has 1 aromatic heterocycles. The van der Waals surface area contributed by atoms with Gasteiger partial charge in [-0.05, 0) is 12.1 Å². The molecule has 0 unspecified atom stereocenters. The standard InChI is InChI=1S/C22H17F3N2/c1-27(2)20-10-6-9-16-15(20)11-12-17-18(22(23,24)25)13-19(26-21(16)17)14-7-4-3-5-8-14/h3-13H,1-2H3. The van der Waals surface area contributed by atoms with Crippen molar-refractivity contribution in [1.82, 2.24) is 4.98 Å². The van der Waals surface area contributed by atoms with Crippen molar-refractivity contribution >= 4 is 27.4 Å². The Morgan fingerprint density at radius 3 is 2.15 bits per heavy atom. The lowest BCUT2D eigenvalue weighted by atomic mass is 9.99. The summed E-state index contributed by atoms with van der Waals surface area (Å²) in [6, 6.07) is 19.0. The number of fused-ring (bicyclic) bond motifs is 3. The van der Waals surface area contributed by atoms with Gasteiger partial charge < -0.3 is 4.90 Å². The van der Waals surface area contributed by atoms with Gasteiger partial charge in [0.05, 0.1) is 16.8 Å². The minimum absolute atomic E-state index is 0.116. The lowest BCUT2D eigenvalue weighted by Gasteiger charge is -2.18. The van der Waals surface area contributed by atoms with E-state index in [1.165, 1.54) is 6.07 Å². The van der Waals surface area contributed by atoms with Crippen molar-refractivity contribution in [2.45, 2.75) is 6.18 Å². The Morgan fingerprint density at radius 2 is 1.48 bits per heavy atom. The van der Waals surface area contributed by atoms with Gasteiger partial charge in [0.2, 0.25) is 0 Å². The zero-order chi connectivity index (χ0) is 19.2. The maximum Gasteiger partial charge on any atom is 0.417 e. The third kappa shape index (κ3) is 2.99. The number of alkyl halides is 3. The van der Waals surface area contributed by atoms with Crippen LogP contribution in [0.1, 0.15) is 5.56 Å². The Kier molecular flexibility index (Phi) is 4.02. The van der Waals surface area contributed by atoms with Gasteiger partial charge in [0.1, 0.15) is 0 Å². The number of nitrogens with zero attached hydrogens (tertiary/aromatic N) is 2. The first-order valence-corrected chi connectivity index (χ1v) is 8.52. The highest BCUT2D eigenvalue weighted by atomic mass is 19.4. The van der Waals surface area contributed by atoms with Crippen LogP contribution in [0.5, 0.6) is 0 Å². The van der Waals surface area contributed by atoms with Gasteiger partial charge in [0.25, 0.3) is 0 Å². The van der Waals surface area contributed by atoms with Crippen molar-refractivity contribution in [2.75, 3.05) is 19.0 Å². The van der Waals surface area contributed by atoms with Crippen LogP contribution in [0.15, 0.2) is 66.7 Å². The maximum atomic E-state index is 13.8. The van der Waals surface area contributed by atoms with Crippen LogP contribution < -0.4 is 4.90 Å². The number of hydrogen-bond acceptors (Lipinski definition) is 2. The quantitative estimate of drug-likeness (QED) is 0.396. The molecular formula is C22H17F3N2. The second-order valence-corrected chi connectivity index (χ2v) is 6.65. The molecule has 5 heteroatoms. The molecule has 3 aromatic carbocycles. The number of benzene rings is 3. The average Bonchev–Trinajstić information content (AvgIpc) is 2.66. The Bertz CT molecular complexity index is 1130. The number of anilines is 1. The lowest BCUT2D eigenvalue weighted by molar-refractivity contribution is -0.136. The van der Waals surface area contributed by atoms with Crippen molar-refractivity contribution in [3.05, 3.63) is 72.3 Å². The van der Waals surface area contributed by atoms with Gasteiger partial charge in [0.15, 0.2) is 0 Å². The molecule has 27 heavy (non-hydrogen) atoms. The summed E-state index contributed by atoms with van der Waals surface area (Å²) in [5.74, 6) is 0. The highest BCUT2D eigenvalue weighted by Gasteiger charge is 2.34. The van der Waals surface area contributed by atoms with Gasteiger partial charge in [-0.15, -0.1) is 0 Å². The summed E-state index contributed by atoms with van der Waals surface area (Å²) in [6.07, 6.45) is -4.46. The Labute approximate surface area is 154 Å². The minimum Gasteiger partial charge on any atom is -0.377 e. The van der Waals surface area contributed by atoms with Gasteiger partial charge in [-0.1, -0.05) is 54.6 Å². The van der Waals surface area contributed by atoms with Crippen LogP contribution in [0, 0.1) is 0 Å². The molecule has 4 aromatic rings. The summed E-state index contributed by atoms with van der Waals surface area (Å²) in [7, 11) is 3.82. The van der Waals surface area contributed by atoms with Crippen LogP contribution in [0.4, 0.5) is 18.9 Å². The van der Waals surface area contributed by atoms with Gasteiger partial charge in [0, 0.05) is 41.5 Å². The van der Waals surface area contributed by atoms with Crippen LogP contribution in [-0.2, 0) is 6.18 Å². The summed E-state index contributed by atoms with van der Waals surface area (Å²) in [4.78, 5) is 6.57. The molecule has 136 valence electrons. The molecule has 0 N–H and O–H groups in total. The predicted octanol–water partition coefficient (Wildman–Crippen LogP) is 6.14. The second-order valence-electron chi connectivity index (χ2n) is 6.65. The van der Waals surface area contributed by atoms with Gasteiger partial charge in [-0.25, -0.2) is 4.98 Å². The molecule has 0 bridgehead atoms. The number of hydrogen-bond donors (Lipinski definition) is 0. The molecule has 0 atom stereocenters. The third-order valence-corrected chi connectivity index (χ3v) is 4.67. The molecule has 2 nitrogen and oxygen atoms in total. The van der Waals surface area contributed by atoms with Gasteiger partial charge >= 0.3 is 6.18 Å². The fourth-order valence-corrected chi connectivity index (χ4v) is 3.41. The van der Waals surface area contributed by atoms with E-state index in [-0.39, 0.29) is 5.39 Å². The van der Waals surface area contributed by atoms with E-state index in [2.05, 4.69) is 4.98 Å². The van der Waals surface area contributed by atoms with Crippen LogP contribution in [0.2, 0.25) is 0 Å². The van der Waals surface area contributed by atoms with Crippen LogP contribution in [0.25, 0.3) is 32.9 Å². The van der Waals surface area contributed by atoms with Crippen molar-refractivity contribution in [2.24, 2.45) is 0 Å². The first kappa shape index (κ1) is 17.3. The van der Waals surface area contributed by atoms with Gasteiger partial charge in [-0.3, -0.25) is 0 Å². The van der Waals surface area contributed by atoms with E-state index in [0.29, 0.717) is 22.2 Å². The van der Waals surface area contributed by atoms with E-state index >= 15 is 0 Å². The SMILES string of the molecule is CN(C)c1cccc2c1ccc1c(C(F)(F)F)cc(-c3ccccc3)nc12. The van der Waals surface area contributed by atoms with Crippen LogP contribution >= 0.6 is 0 Å². The van der Waals surface area contributed by atoms with Crippen molar-refractivity contribution in [3.8, 4) is 11.3 Å². The van der Waals surface area contributed by atoms with E-state index in [1.54, 1.807) is 30.3 Å². The molecule has 0 amide bonds. The summed E-state index contributed by atoms with van der Waals surface area (Å²) < 4.78 is 41.4. The van der Waals surface area contributed by atoms with Crippen LogP contribution in [-0.4, -0.2) is 19.1 Å². The zero-order valence-corrected chi connectivity index (χ0v) is 14.9. The maximum absolute atomic E-state index is 13.8. The highest BCUT2D eigenvalue weighted by Crippen LogP contribution is 2.40. The Balaban J connectivity index is 2.14. The Morgan fingerprint density at radius 1 is 0.778 bits per heavy atom. The molecule has 0 saturated heterocycles. The largest absolute Gasteiger partial charge is 0.417 e. The fourth-order valence-electron chi connectivity index (χ4n) is 3.41. The highest BCUT2D eigenvalue weighted by molar-refractivity contribution is 6.11. The molecule has 0 saturated carbocycles. The first-order chi connectivity index (χ1) is 12.9. The smallest absolute Gasteiger partial charge is 0.377 e. The Hall–Kier alpha value is -3.08. The van der Waals surface area contributed by atoms with E-state index in [4.69, 9.17) is 0 Å². The molecule has 4 rings (SSSR count). The number of rotatable bonds is 2. The van der Waals surface area contributed by atoms with E-state index in [1.807, 2.05) is 43.3 Å². The molecule has 0 spiro atoms. The average molecular weight is 366 g/mol. The summed E-state index contributed by atoms with van der Waals surface area (Å²) in [5.41, 5.74) is 1.62. The van der Waals surface area contributed by atoms with E-state index < -0.39 is 11.7 Å². The fraction of sp³-hybridized carbons (Fsp3) is 0.136. The van der Waals surface area contributed by atoms with E-state index in [9.17, 15) is 13.2 Å². The lowest BCUT2D eigenvalue weighted by Crippen LogP contribution is -2.10. The van der Waals surface area contributed by atoms with E-state index in [0.717, 1.165) is 17.1 Å². The van der Waals surface area contributed by atoms with Crippen molar-refractivity contribution in [3.63, 3.8) is 0 Å². The molecular weight excluding hydrogens is 349 g/mol. The summed E-state index contributed by atoms with van der Waals surface area (Å²) >= 11 is 0. The molecule has 1 heterocycles. The molecule has 0 aliphatic carbocycles. The number of halogens is 3. The first-order valence-electron chi connectivity index (χ1n) is 8.52. The minimum atomic E-state index is -4.46. The molecule has 0 aliphatic heterocycles. The van der Waals surface area contributed by atoms with Gasteiger partial charge in [-0.2, -0.15) is 13.2 Å². The molecule has 0 fully saturated rings. The normalized spacial score (nSPS) is 11.9. The summed E-state index contributed by atoms with van der Waals surface area (Å²) in [6.45, 7) is 0. The monoisotopic (exact) mass is 366 g/mol. The molecule has 0 radical (unpaired) electrons. The molecule has 0 aliphatic rings. The summed E-state index contributed by atoms with van der Waals surface area (Å²) in [5, 5.41) is 1.70. The number of pyridine rings is 1. The van der Waals surface area contributed by atoms with Crippen molar-refractivity contribution < 1.29 is 13.2 Å². The zero-order valence-electron chi connectivity index (χ0n) is 14.9. The third-order valence-electron chi connectivity index (χ3n) is 4.67. The number of aromatic nitrogens is 1. The van der Waals surface area contributed by atoms with Crippen LogP contribution in [0.3, 0.4) is 0 Å². The topological polar surface area (TPSA) is 16.1 Å². The van der Waals surface area contributed by atoms with Crippen molar-refractivity contribution in [1.29, 1.82) is 0 Å². The predicted molar refractivity (Wildman–Crippen MR) is 104 cm³/mol. The second kappa shape index (κ2) is 6.27.